The Morgan fingerprint density at radius 1 is 1.27 bits per heavy atom. The Morgan fingerprint density at radius 3 is 2.78 bits per heavy atom. The van der Waals surface area contributed by atoms with E-state index >= 15 is 0 Å². The van der Waals surface area contributed by atoms with Crippen LogP contribution in [0.25, 0.3) is 0 Å². The van der Waals surface area contributed by atoms with E-state index in [1.165, 1.54) is 32.1 Å². The second-order valence-electron chi connectivity index (χ2n) is 10.8. The number of aliphatic imine (C=N–C) groups is 1. The molecule has 206 valence electrons. The van der Waals surface area contributed by atoms with Crippen LogP contribution in [0.2, 0.25) is 5.02 Å². The number of likely N-dealkylation sites (tertiary alicyclic amines) is 1. The van der Waals surface area contributed by atoms with Crippen molar-refractivity contribution in [3.63, 3.8) is 0 Å². The summed E-state index contributed by atoms with van der Waals surface area (Å²) in [4.78, 5) is 6.42. The molecule has 1 saturated heterocycles. The fourth-order valence-electron chi connectivity index (χ4n) is 6.23. The van der Waals surface area contributed by atoms with Crippen LogP contribution >= 0.6 is 11.6 Å². The topological polar surface area (TPSA) is 92.9 Å². The number of nitriles is 1. The van der Waals surface area contributed by atoms with Crippen LogP contribution in [-0.4, -0.2) is 62.4 Å². The van der Waals surface area contributed by atoms with Gasteiger partial charge in [-0.25, -0.2) is 0 Å². The maximum absolute atomic E-state index is 12.2. The molecule has 0 amide bonds. The molecule has 1 aliphatic heterocycles. The summed E-state index contributed by atoms with van der Waals surface area (Å²) in [5.74, 6) is 1.35. The largest absolute Gasteiger partial charge is 0.385 e. The second-order valence-corrected chi connectivity index (χ2v) is 11.3. The van der Waals surface area contributed by atoms with Gasteiger partial charge in [-0.1, -0.05) is 55.8 Å². The van der Waals surface area contributed by atoms with E-state index in [1.807, 2.05) is 37.5 Å². The Labute approximate surface area is 228 Å². The lowest BCUT2D eigenvalue weighted by atomic mass is 9.74. The molecule has 37 heavy (non-hydrogen) atoms. The molecular formula is C29H46ClN5O2. The van der Waals surface area contributed by atoms with E-state index in [0.717, 1.165) is 56.7 Å². The molecule has 1 unspecified atom stereocenters. The van der Waals surface area contributed by atoms with Crippen molar-refractivity contribution in [3.8, 4) is 6.19 Å². The smallest absolute Gasteiger partial charge is 0.210 e. The number of hydrogen-bond donors (Lipinski definition) is 3. The zero-order chi connectivity index (χ0) is 26.5. The first-order valence-electron chi connectivity index (χ1n) is 14.1. The lowest BCUT2D eigenvalue weighted by Gasteiger charge is -2.44. The first-order chi connectivity index (χ1) is 18.0. The van der Waals surface area contributed by atoms with E-state index in [-0.39, 0.29) is 12.0 Å². The normalized spacial score (nSPS) is 21.8. The van der Waals surface area contributed by atoms with Crippen molar-refractivity contribution in [2.75, 3.05) is 40.4 Å². The molecule has 1 heterocycles. The molecule has 3 rings (SSSR count). The maximum Gasteiger partial charge on any atom is 0.210 e. The van der Waals surface area contributed by atoms with Crippen molar-refractivity contribution in [2.24, 2.45) is 16.8 Å². The van der Waals surface area contributed by atoms with Gasteiger partial charge < -0.3 is 25.4 Å². The van der Waals surface area contributed by atoms with Crippen LogP contribution in [0.5, 0.6) is 0 Å². The van der Waals surface area contributed by atoms with Gasteiger partial charge >= 0.3 is 0 Å². The third kappa shape index (κ3) is 8.85. The number of likely N-dealkylation sites (N-methyl/N-ethyl adjacent to an activating group) is 1. The Kier molecular flexibility index (Phi) is 12.5. The van der Waals surface area contributed by atoms with Crippen molar-refractivity contribution < 1.29 is 9.84 Å². The number of halogens is 1. The first kappa shape index (κ1) is 29.7. The standard InChI is InChI=1S/C29H46ClN5O2/c1-32-20-27(18-23-10-4-3-5-11-23)34-28(33-22-31)35-16-9-13-25(21-35)29(36,15-6-7-17-37-2)24-12-8-14-26(30)19-24/h8,12,14,19,23,25,27,32,36H,3-7,9-11,13,15-18,20-21H2,1-2H3,(H,33,34)/t25-,27?,29-/m1/s1. The fourth-order valence-corrected chi connectivity index (χ4v) is 6.42. The minimum atomic E-state index is -1.01. The molecule has 2 aliphatic rings. The van der Waals surface area contributed by atoms with E-state index in [1.54, 1.807) is 7.11 Å². The van der Waals surface area contributed by atoms with Crippen molar-refractivity contribution in [3.05, 3.63) is 34.9 Å². The predicted octanol–water partition coefficient (Wildman–Crippen LogP) is 5.04. The maximum atomic E-state index is 12.2. The lowest BCUT2D eigenvalue weighted by Crippen LogP contribution is -2.54. The van der Waals surface area contributed by atoms with Gasteiger partial charge in [0.15, 0.2) is 0 Å². The molecule has 7 nitrogen and oxygen atoms in total. The minimum absolute atomic E-state index is 0.00551. The minimum Gasteiger partial charge on any atom is -0.385 e. The molecule has 1 aromatic rings. The molecule has 2 fully saturated rings. The lowest BCUT2D eigenvalue weighted by molar-refractivity contribution is -0.0543. The molecule has 1 aliphatic carbocycles. The van der Waals surface area contributed by atoms with E-state index < -0.39 is 5.60 Å². The zero-order valence-electron chi connectivity index (χ0n) is 22.7. The van der Waals surface area contributed by atoms with Gasteiger partial charge in [-0.05, 0) is 69.2 Å². The van der Waals surface area contributed by atoms with Crippen LogP contribution in [0.1, 0.15) is 76.2 Å². The number of benzene rings is 1. The number of hydrogen-bond acceptors (Lipinski definition) is 5. The third-order valence-corrected chi connectivity index (χ3v) is 8.39. The van der Waals surface area contributed by atoms with Gasteiger partial charge in [-0.2, -0.15) is 5.26 Å². The Balaban J connectivity index is 1.77. The summed E-state index contributed by atoms with van der Waals surface area (Å²) in [7, 11) is 3.68. The number of unbranched alkanes of at least 4 members (excludes halogenated alkanes) is 1. The highest BCUT2D eigenvalue weighted by atomic mass is 35.5. The number of nitrogens with zero attached hydrogens (tertiary/aromatic N) is 3. The molecule has 8 heteroatoms. The van der Waals surface area contributed by atoms with E-state index in [9.17, 15) is 10.4 Å². The number of aliphatic hydroxyl groups is 1. The van der Waals surface area contributed by atoms with Gasteiger partial charge in [-0.3, -0.25) is 0 Å². The van der Waals surface area contributed by atoms with E-state index in [0.29, 0.717) is 30.6 Å². The molecular weight excluding hydrogens is 486 g/mol. The van der Waals surface area contributed by atoms with Gasteiger partial charge in [-0.15, -0.1) is 4.99 Å². The van der Waals surface area contributed by atoms with Crippen molar-refractivity contribution in [1.82, 2.24) is 15.5 Å². The van der Waals surface area contributed by atoms with Gasteiger partial charge in [0.05, 0.1) is 5.60 Å². The summed E-state index contributed by atoms with van der Waals surface area (Å²) in [5.41, 5.74) is -0.150. The zero-order valence-corrected chi connectivity index (χ0v) is 23.5. The highest BCUT2D eigenvalue weighted by Crippen LogP contribution is 2.40. The summed E-state index contributed by atoms with van der Waals surface area (Å²) >= 11 is 6.35. The summed E-state index contributed by atoms with van der Waals surface area (Å²) in [6, 6.07) is 7.85. The van der Waals surface area contributed by atoms with Crippen LogP contribution in [0.3, 0.4) is 0 Å². The van der Waals surface area contributed by atoms with Crippen molar-refractivity contribution in [1.29, 1.82) is 5.26 Å². The highest BCUT2D eigenvalue weighted by molar-refractivity contribution is 6.30. The van der Waals surface area contributed by atoms with Crippen LogP contribution in [0, 0.1) is 23.3 Å². The van der Waals surface area contributed by atoms with Gasteiger partial charge in [0, 0.05) is 50.3 Å². The van der Waals surface area contributed by atoms with Gasteiger partial charge in [0.1, 0.15) is 0 Å². The molecule has 1 aromatic carbocycles. The Hall–Kier alpha value is -1.85. The predicted molar refractivity (Wildman–Crippen MR) is 150 cm³/mol. The number of nitrogens with one attached hydrogen (secondary N) is 2. The highest BCUT2D eigenvalue weighted by Gasteiger charge is 2.41. The number of guanidine groups is 1. The molecule has 0 spiro atoms. The Morgan fingerprint density at radius 2 is 2.08 bits per heavy atom. The number of piperidine rings is 1. The van der Waals surface area contributed by atoms with Crippen LogP contribution in [0.15, 0.2) is 29.3 Å². The molecule has 3 atom stereocenters. The summed E-state index contributed by atoms with van der Waals surface area (Å²) in [6.45, 7) is 2.95. The summed E-state index contributed by atoms with van der Waals surface area (Å²) in [5, 5.41) is 29.3. The molecule has 0 radical (unpaired) electrons. The Bertz CT molecular complexity index is 885. The number of methoxy groups -OCH3 is 1. The third-order valence-electron chi connectivity index (χ3n) is 8.16. The van der Waals surface area contributed by atoms with E-state index in [2.05, 4.69) is 20.5 Å². The number of ether oxygens (including phenoxy) is 1. The molecule has 0 aromatic heterocycles. The average Bonchev–Trinajstić information content (AvgIpc) is 2.91. The summed E-state index contributed by atoms with van der Waals surface area (Å²) < 4.78 is 5.24. The van der Waals surface area contributed by atoms with Gasteiger partial charge in [0.2, 0.25) is 12.2 Å². The fraction of sp³-hybridized carbons (Fsp3) is 0.724. The second kappa shape index (κ2) is 15.5. The van der Waals surface area contributed by atoms with Gasteiger partial charge in [0.25, 0.3) is 0 Å². The molecule has 0 bridgehead atoms. The van der Waals surface area contributed by atoms with Crippen molar-refractivity contribution >= 4 is 17.6 Å². The number of rotatable bonds is 12. The monoisotopic (exact) mass is 531 g/mol. The van der Waals surface area contributed by atoms with Crippen LogP contribution in [-0.2, 0) is 10.3 Å². The first-order valence-corrected chi connectivity index (χ1v) is 14.5. The SMILES string of the molecule is CNCC(CC1CCCCC1)NC(=NC#N)N1CCC[C@@H]([C@@](O)(CCCCOC)c2cccc(Cl)c2)C1. The quantitative estimate of drug-likeness (QED) is 0.151. The van der Waals surface area contributed by atoms with Crippen LogP contribution in [0.4, 0.5) is 0 Å². The van der Waals surface area contributed by atoms with E-state index in [4.69, 9.17) is 16.3 Å². The summed E-state index contributed by atoms with van der Waals surface area (Å²) in [6.07, 6.45) is 13.9. The van der Waals surface area contributed by atoms with Crippen LogP contribution < -0.4 is 10.6 Å². The average molecular weight is 532 g/mol. The molecule has 1 saturated carbocycles. The molecule has 3 N–H and O–H groups in total. The van der Waals surface area contributed by atoms with Crippen molar-refractivity contribution in [2.45, 2.75) is 82.3 Å².